The van der Waals surface area contributed by atoms with Gasteiger partial charge in [-0.1, -0.05) is 0 Å². The van der Waals surface area contributed by atoms with Crippen LogP contribution in [-0.2, 0) is 9.53 Å². The Morgan fingerprint density at radius 1 is 1.17 bits per heavy atom. The molecule has 0 bridgehead atoms. The molecule has 0 saturated carbocycles. The first kappa shape index (κ1) is 15.2. The van der Waals surface area contributed by atoms with E-state index >= 15 is 0 Å². The van der Waals surface area contributed by atoms with Gasteiger partial charge in [-0.15, -0.1) is 0 Å². The van der Waals surface area contributed by atoms with Crippen molar-refractivity contribution in [2.24, 2.45) is 0 Å². The van der Waals surface area contributed by atoms with Crippen molar-refractivity contribution in [2.45, 2.75) is 36.7 Å². The van der Waals surface area contributed by atoms with Crippen LogP contribution in [0.1, 0.15) is 0 Å². The Balaban J connectivity index is 2.72. The number of carbonyl (C=O) groups is 1. The van der Waals surface area contributed by atoms with E-state index in [9.17, 15) is 20.1 Å². The van der Waals surface area contributed by atoms with Crippen LogP contribution in [0.5, 0.6) is 0 Å². The van der Waals surface area contributed by atoms with Gasteiger partial charge in [-0.3, -0.25) is 10.1 Å². The Morgan fingerprint density at radius 2 is 1.78 bits per heavy atom. The molecule has 106 valence electrons. The van der Waals surface area contributed by atoms with Crippen molar-refractivity contribution in [3.63, 3.8) is 0 Å². The molecule has 7 N–H and O–H groups in total. The third-order valence-electron chi connectivity index (χ3n) is 2.74. The van der Waals surface area contributed by atoms with E-state index < -0.39 is 55.9 Å². The van der Waals surface area contributed by atoms with Crippen molar-refractivity contribution in [1.82, 2.24) is 5.32 Å². The van der Waals surface area contributed by atoms with E-state index in [4.69, 9.17) is 20.1 Å². The highest BCUT2D eigenvalue weighted by Gasteiger charge is 2.44. The summed E-state index contributed by atoms with van der Waals surface area (Å²) in [6.07, 6.45) is -7.15. The van der Waals surface area contributed by atoms with Crippen molar-refractivity contribution < 1.29 is 40.2 Å². The highest BCUT2D eigenvalue weighted by atomic mass is 16.6. The van der Waals surface area contributed by atoms with Crippen molar-refractivity contribution in [3.8, 4) is 0 Å². The summed E-state index contributed by atoms with van der Waals surface area (Å²) in [5, 5.41) is 57.2. The summed E-state index contributed by atoms with van der Waals surface area (Å²) in [5.74, 6) is -1.37. The predicted molar refractivity (Wildman–Crippen MR) is 55.4 cm³/mol. The standard InChI is InChI=1S/C9H17NO8/c11-1-3(9(16)17)10-8-7(15)6(14)5(13)4(2-12)18-8/h3-8,10-15H,1-2H2,(H,16,17)/t3-,4+,5-,6-,7+,8-/m0/s1. The van der Waals surface area contributed by atoms with Crippen LogP contribution >= 0.6 is 0 Å². The van der Waals surface area contributed by atoms with E-state index in [-0.39, 0.29) is 0 Å². The number of aliphatic hydroxyl groups excluding tert-OH is 5. The van der Waals surface area contributed by atoms with Gasteiger partial charge in [0.05, 0.1) is 13.2 Å². The maximum atomic E-state index is 10.7. The molecule has 1 saturated heterocycles. The van der Waals surface area contributed by atoms with Gasteiger partial charge in [0, 0.05) is 0 Å². The zero-order valence-corrected chi connectivity index (χ0v) is 9.38. The molecule has 0 aromatic heterocycles. The maximum absolute atomic E-state index is 10.7. The highest BCUT2D eigenvalue weighted by molar-refractivity contribution is 5.73. The van der Waals surface area contributed by atoms with E-state index in [1.165, 1.54) is 0 Å². The zero-order chi connectivity index (χ0) is 13.9. The first-order valence-corrected chi connectivity index (χ1v) is 5.32. The molecule has 18 heavy (non-hydrogen) atoms. The van der Waals surface area contributed by atoms with E-state index in [0.717, 1.165) is 0 Å². The number of aliphatic carboxylic acids is 1. The van der Waals surface area contributed by atoms with Gasteiger partial charge in [-0.05, 0) is 0 Å². The van der Waals surface area contributed by atoms with Crippen molar-refractivity contribution in [3.05, 3.63) is 0 Å². The average Bonchev–Trinajstić information content (AvgIpc) is 2.35. The lowest BCUT2D eigenvalue weighted by Crippen LogP contribution is -2.64. The van der Waals surface area contributed by atoms with E-state index in [2.05, 4.69) is 5.32 Å². The molecule has 9 heteroatoms. The van der Waals surface area contributed by atoms with Gasteiger partial charge in [-0.25, -0.2) is 0 Å². The third kappa shape index (κ3) is 3.14. The fourth-order valence-electron chi connectivity index (χ4n) is 1.64. The first-order valence-electron chi connectivity index (χ1n) is 5.32. The molecule has 0 aromatic rings. The minimum atomic E-state index is -1.60. The molecule has 1 aliphatic rings. The van der Waals surface area contributed by atoms with Gasteiger partial charge in [0.15, 0.2) is 0 Å². The second-order valence-corrected chi connectivity index (χ2v) is 3.99. The second-order valence-electron chi connectivity index (χ2n) is 3.99. The fourth-order valence-corrected chi connectivity index (χ4v) is 1.64. The zero-order valence-electron chi connectivity index (χ0n) is 9.38. The van der Waals surface area contributed by atoms with Gasteiger partial charge < -0.3 is 35.4 Å². The smallest absolute Gasteiger partial charge is 0.323 e. The monoisotopic (exact) mass is 267 g/mol. The lowest BCUT2D eigenvalue weighted by Gasteiger charge is -2.40. The largest absolute Gasteiger partial charge is 0.480 e. The Bertz CT molecular complexity index is 286. The van der Waals surface area contributed by atoms with Crippen LogP contribution in [0.15, 0.2) is 0 Å². The molecule has 0 aromatic carbocycles. The molecule has 0 amide bonds. The van der Waals surface area contributed by atoms with E-state index in [0.29, 0.717) is 0 Å². The summed E-state index contributed by atoms with van der Waals surface area (Å²) in [6.45, 7) is -1.36. The number of rotatable bonds is 5. The summed E-state index contributed by atoms with van der Waals surface area (Å²) in [5.41, 5.74) is 0. The Hall–Kier alpha value is -0.810. The molecule has 1 rings (SSSR count). The Labute approximate surface area is 102 Å². The highest BCUT2D eigenvalue weighted by Crippen LogP contribution is 2.19. The third-order valence-corrected chi connectivity index (χ3v) is 2.74. The maximum Gasteiger partial charge on any atom is 0.323 e. The topological polar surface area (TPSA) is 160 Å². The van der Waals surface area contributed by atoms with Gasteiger partial charge in [0.1, 0.15) is 36.7 Å². The summed E-state index contributed by atoms with van der Waals surface area (Å²) in [7, 11) is 0. The van der Waals surface area contributed by atoms with Crippen LogP contribution in [0.3, 0.4) is 0 Å². The number of carboxylic acids is 1. The van der Waals surface area contributed by atoms with E-state index in [1.807, 2.05) is 0 Å². The van der Waals surface area contributed by atoms with Crippen LogP contribution in [0, 0.1) is 0 Å². The van der Waals surface area contributed by atoms with Gasteiger partial charge in [0.2, 0.25) is 0 Å². The second kappa shape index (κ2) is 6.38. The number of hydrogen-bond acceptors (Lipinski definition) is 8. The Kier molecular flexibility index (Phi) is 5.41. The van der Waals surface area contributed by atoms with Crippen LogP contribution in [0.4, 0.5) is 0 Å². The van der Waals surface area contributed by atoms with Crippen LogP contribution in [-0.4, -0.2) is 86.5 Å². The SMILES string of the molecule is O=C(O)[C@H](CO)N[C@H]1O[C@H](CO)[C@H](O)[C@H](O)[C@H]1O. The molecular weight excluding hydrogens is 250 g/mol. The van der Waals surface area contributed by atoms with Crippen molar-refractivity contribution in [2.75, 3.05) is 13.2 Å². The van der Waals surface area contributed by atoms with Gasteiger partial charge in [0.25, 0.3) is 0 Å². The van der Waals surface area contributed by atoms with Crippen LogP contribution in [0.25, 0.3) is 0 Å². The molecule has 1 fully saturated rings. The summed E-state index contributed by atoms with van der Waals surface area (Å²) in [6, 6.07) is -1.40. The van der Waals surface area contributed by atoms with Gasteiger partial charge in [-0.2, -0.15) is 0 Å². The van der Waals surface area contributed by atoms with Crippen molar-refractivity contribution >= 4 is 5.97 Å². The lowest BCUT2D eigenvalue weighted by atomic mass is 9.98. The predicted octanol–water partition coefficient (Wildman–Crippen LogP) is -4.18. The number of ether oxygens (including phenoxy) is 1. The summed E-state index contributed by atoms with van der Waals surface area (Å²) in [4.78, 5) is 10.7. The van der Waals surface area contributed by atoms with Gasteiger partial charge >= 0.3 is 5.97 Å². The normalized spacial score (nSPS) is 38.4. The van der Waals surface area contributed by atoms with Crippen LogP contribution < -0.4 is 5.32 Å². The van der Waals surface area contributed by atoms with Crippen LogP contribution in [0.2, 0.25) is 0 Å². The first-order chi connectivity index (χ1) is 8.42. The molecule has 6 atom stereocenters. The average molecular weight is 267 g/mol. The minimum Gasteiger partial charge on any atom is -0.480 e. The molecule has 0 radical (unpaired) electrons. The van der Waals surface area contributed by atoms with E-state index in [1.54, 1.807) is 0 Å². The minimum absolute atomic E-state index is 0.611. The number of carboxylic acid groups (broad SMARTS) is 1. The fraction of sp³-hybridized carbons (Fsp3) is 0.889. The molecule has 0 aliphatic carbocycles. The summed E-state index contributed by atoms with van der Waals surface area (Å²) >= 11 is 0. The van der Waals surface area contributed by atoms with Crippen molar-refractivity contribution in [1.29, 1.82) is 0 Å². The molecule has 0 spiro atoms. The molecule has 0 unspecified atom stereocenters. The molecular formula is C9H17NO8. The number of aliphatic hydroxyl groups is 5. The summed E-state index contributed by atoms with van der Waals surface area (Å²) < 4.78 is 5.02. The Morgan fingerprint density at radius 3 is 2.22 bits per heavy atom. The molecule has 1 aliphatic heterocycles. The number of nitrogens with one attached hydrogen (secondary N) is 1. The molecule has 1 heterocycles. The number of hydrogen-bond donors (Lipinski definition) is 7. The quantitative estimate of drug-likeness (QED) is 0.262. The lowest BCUT2D eigenvalue weighted by molar-refractivity contribution is -0.239. The molecule has 9 nitrogen and oxygen atoms in total.